The molecule has 0 radical (unpaired) electrons. The lowest BCUT2D eigenvalue weighted by Crippen LogP contribution is -2.18. The Hall–Kier alpha value is -5.35. The minimum Gasteiger partial charge on any atom is -0.309 e. The average molecular weight is 499 g/mol. The predicted octanol–water partition coefficient (Wildman–Crippen LogP) is 9.06. The zero-order valence-electron chi connectivity index (χ0n) is 21.0. The summed E-state index contributed by atoms with van der Waals surface area (Å²) in [5.41, 5.74) is 10.6. The van der Waals surface area contributed by atoms with Gasteiger partial charge in [0.05, 0.1) is 51.0 Å². The third-order valence-corrected chi connectivity index (χ3v) is 8.08. The molecule has 0 amide bonds. The fourth-order valence-corrected chi connectivity index (χ4v) is 6.53. The highest BCUT2D eigenvalue weighted by atomic mass is 15.2. The highest BCUT2D eigenvalue weighted by molar-refractivity contribution is 6.22. The molecule has 3 aromatic heterocycles. The van der Waals surface area contributed by atoms with Crippen molar-refractivity contribution in [2.45, 2.75) is 0 Å². The number of fused-ring (bicyclic) bond motifs is 8. The third-order valence-electron chi connectivity index (χ3n) is 8.08. The van der Waals surface area contributed by atoms with Crippen molar-refractivity contribution in [3.05, 3.63) is 134 Å². The average Bonchev–Trinajstić information content (AvgIpc) is 3.50. The Balaban J connectivity index is 1.47. The lowest BCUT2D eigenvalue weighted by molar-refractivity contribution is 1.10. The molecule has 9 rings (SSSR count). The van der Waals surface area contributed by atoms with Crippen LogP contribution in [0.4, 0.5) is 17.1 Å². The summed E-state index contributed by atoms with van der Waals surface area (Å²) >= 11 is 0. The van der Waals surface area contributed by atoms with Crippen molar-refractivity contribution in [1.29, 1.82) is 0 Å². The molecule has 4 nitrogen and oxygen atoms in total. The van der Waals surface area contributed by atoms with E-state index in [9.17, 15) is 0 Å². The SMILES string of the molecule is c1ccc(-n2c3ccccc3c3cc4c5cccc6c5n(c4cc32)-c2ccccc2N6c2cccnc2)cc1. The van der Waals surface area contributed by atoms with Gasteiger partial charge in [0.2, 0.25) is 0 Å². The Bertz CT molecular complexity index is 2220. The van der Waals surface area contributed by atoms with Crippen molar-refractivity contribution in [2.75, 3.05) is 4.90 Å². The first-order valence-electron chi connectivity index (χ1n) is 13.2. The van der Waals surface area contributed by atoms with Crippen molar-refractivity contribution in [3.63, 3.8) is 0 Å². The maximum atomic E-state index is 4.44. The standard InChI is InChI=1S/C35H22N4/c1-2-10-23(11-3-1)37-29-15-5-4-13-25(29)27-20-28-26-14-8-18-32-35(26)39(34(28)21-33(27)37)31-17-7-6-16-30(31)38(32)24-12-9-19-36-22-24/h1-22H. The first-order chi connectivity index (χ1) is 19.4. The smallest absolute Gasteiger partial charge is 0.0783 e. The van der Waals surface area contributed by atoms with Crippen LogP contribution in [-0.2, 0) is 0 Å². The van der Waals surface area contributed by atoms with Gasteiger partial charge in [0.15, 0.2) is 0 Å². The quantitative estimate of drug-likeness (QED) is 0.238. The maximum Gasteiger partial charge on any atom is 0.0783 e. The van der Waals surface area contributed by atoms with Crippen LogP contribution in [0.25, 0.3) is 55.0 Å². The number of nitrogens with zero attached hydrogens (tertiary/aromatic N) is 4. The number of benzene rings is 5. The fourth-order valence-electron chi connectivity index (χ4n) is 6.53. The van der Waals surface area contributed by atoms with Crippen LogP contribution < -0.4 is 4.90 Å². The van der Waals surface area contributed by atoms with Crippen molar-refractivity contribution >= 4 is 60.7 Å². The number of aromatic nitrogens is 3. The fraction of sp³-hybridized carbons (Fsp3) is 0. The molecule has 39 heavy (non-hydrogen) atoms. The third kappa shape index (κ3) is 2.70. The number of para-hydroxylation sites is 5. The van der Waals surface area contributed by atoms with Crippen molar-refractivity contribution in [1.82, 2.24) is 14.1 Å². The van der Waals surface area contributed by atoms with Gasteiger partial charge in [-0.2, -0.15) is 0 Å². The minimum atomic E-state index is 1.06. The van der Waals surface area contributed by atoms with E-state index in [0.29, 0.717) is 0 Å². The summed E-state index contributed by atoms with van der Waals surface area (Å²) in [5.74, 6) is 0. The normalized spacial score (nSPS) is 12.6. The van der Waals surface area contributed by atoms with E-state index in [1.165, 1.54) is 55.0 Å². The van der Waals surface area contributed by atoms with Crippen LogP contribution in [0.5, 0.6) is 0 Å². The molecule has 1 aliphatic heterocycles. The summed E-state index contributed by atoms with van der Waals surface area (Å²) in [4.78, 5) is 6.78. The number of anilines is 3. The summed E-state index contributed by atoms with van der Waals surface area (Å²) in [6.07, 6.45) is 3.77. The van der Waals surface area contributed by atoms with Gasteiger partial charge < -0.3 is 14.0 Å². The Morgan fingerprint density at radius 2 is 1.13 bits per heavy atom. The van der Waals surface area contributed by atoms with E-state index in [2.05, 4.69) is 134 Å². The lowest BCUT2D eigenvalue weighted by atomic mass is 10.1. The first kappa shape index (κ1) is 20.7. The highest BCUT2D eigenvalue weighted by Gasteiger charge is 2.29. The lowest BCUT2D eigenvalue weighted by Gasteiger charge is -2.32. The Kier molecular flexibility index (Phi) is 4.02. The molecule has 0 spiro atoms. The molecule has 0 N–H and O–H groups in total. The van der Waals surface area contributed by atoms with Crippen LogP contribution >= 0.6 is 0 Å². The molecule has 4 heterocycles. The zero-order valence-corrected chi connectivity index (χ0v) is 21.0. The predicted molar refractivity (Wildman–Crippen MR) is 161 cm³/mol. The van der Waals surface area contributed by atoms with E-state index in [4.69, 9.17) is 0 Å². The highest BCUT2D eigenvalue weighted by Crippen LogP contribution is 2.50. The van der Waals surface area contributed by atoms with Gasteiger partial charge in [-0.05, 0) is 60.7 Å². The summed E-state index contributed by atoms with van der Waals surface area (Å²) in [7, 11) is 0. The Morgan fingerprint density at radius 1 is 0.436 bits per heavy atom. The van der Waals surface area contributed by atoms with Crippen LogP contribution in [0.3, 0.4) is 0 Å². The van der Waals surface area contributed by atoms with Gasteiger partial charge in [0, 0.05) is 33.4 Å². The van der Waals surface area contributed by atoms with Gasteiger partial charge in [-0.15, -0.1) is 0 Å². The molecule has 0 unspecified atom stereocenters. The molecule has 182 valence electrons. The van der Waals surface area contributed by atoms with E-state index in [-0.39, 0.29) is 0 Å². The van der Waals surface area contributed by atoms with E-state index in [0.717, 1.165) is 17.1 Å². The summed E-state index contributed by atoms with van der Waals surface area (Å²) in [6, 6.07) is 43.7. The molecule has 0 saturated heterocycles. The number of hydrogen-bond donors (Lipinski definition) is 0. The molecular weight excluding hydrogens is 476 g/mol. The van der Waals surface area contributed by atoms with Crippen molar-refractivity contribution in [2.24, 2.45) is 0 Å². The van der Waals surface area contributed by atoms with E-state index >= 15 is 0 Å². The van der Waals surface area contributed by atoms with Crippen LogP contribution in [0.15, 0.2) is 134 Å². The summed E-state index contributed by atoms with van der Waals surface area (Å²) in [6.45, 7) is 0. The van der Waals surface area contributed by atoms with Gasteiger partial charge in [0.25, 0.3) is 0 Å². The van der Waals surface area contributed by atoms with Crippen LogP contribution in [0.1, 0.15) is 0 Å². The van der Waals surface area contributed by atoms with E-state index in [1.807, 2.05) is 18.5 Å². The summed E-state index contributed by atoms with van der Waals surface area (Å²) in [5, 5.41) is 5.05. The molecule has 0 saturated carbocycles. The largest absolute Gasteiger partial charge is 0.309 e. The van der Waals surface area contributed by atoms with E-state index in [1.54, 1.807) is 0 Å². The Morgan fingerprint density at radius 3 is 2.00 bits per heavy atom. The molecule has 4 heteroatoms. The zero-order chi connectivity index (χ0) is 25.5. The number of pyridine rings is 1. The second kappa shape index (κ2) is 7.59. The second-order valence-electron chi connectivity index (χ2n) is 10.1. The van der Waals surface area contributed by atoms with Crippen molar-refractivity contribution in [3.8, 4) is 11.4 Å². The van der Waals surface area contributed by atoms with Crippen molar-refractivity contribution < 1.29 is 0 Å². The monoisotopic (exact) mass is 498 g/mol. The van der Waals surface area contributed by atoms with Crippen LogP contribution in [-0.4, -0.2) is 14.1 Å². The summed E-state index contributed by atoms with van der Waals surface area (Å²) < 4.78 is 4.85. The van der Waals surface area contributed by atoms with Gasteiger partial charge in [-0.3, -0.25) is 4.98 Å². The second-order valence-corrected chi connectivity index (χ2v) is 10.1. The molecule has 0 fully saturated rings. The molecule has 0 atom stereocenters. The van der Waals surface area contributed by atoms with Gasteiger partial charge in [-0.25, -0.2) is 0 Å². The van der Waals surface area contributed by atoms with Crippen LogP contribution in [0.2, 0.25) is 0 Å². The number of rotatable bonds is 2. The topological polar surface area (TPSA) is 26.0 Å². The van der Waals surface area contributed by atoms with Crippen LogP contribution in [0, 0.1) is 0 Å². The Labute approximate surface area is 224 Å². The van der Waals surface area contributed by atoms with Gasteiger partial charge in [0.1, 0.15) is 0 Å². The molecular formula is C35H22N4. The molecule has 1 aliphatic rings. The number of hydrogen-bond acceptors (Lipinski definition) is 2. The molecule has 8 aromatic rings. The minimum absolute atomic E-state index is 1.06. The molecule has 5 aromatic carbocycles. The van der Waals surface area contributed by atoms with Gasteiger partial charge in [-0.1, -0.05) is 60.7 Å². The maximum absolute atomic E-state index is 4.44. The van der Waals surface area contributed by atoms with E-state index < -0.39 is 0 Å². The molecule has 0 aliphatic carbocycles. The first-order valence-corrected chi connectivity index (χ1v) is 13.2. The van der Waals surface area contributed by atoms with Gasteiger partial charge >= 0.3 is 0 Å². The molecule has 0 bridgehead atoms.